The Labute approximate surface area is 182 Å². The summed E-state index contributed by atoms with van der Waals surface area (Å²) < 4.78 is 18.9. The molecule has 0 aliphatic heterocycles. The molecule has 0 aromatic heterocycles. The largest absolute Gasteiger partial charge is 0.482 e. The number of nitrogens with one attached hydrogen (secondary N) is 1. The van der Waals surface area contributed by atoms with E-state index in [0.717, 1.165) is 0 Å². The smallest absolute Gasteiger partial charge is 0.261 e. The van der Waals surface area contributed by atoms with Crippen molar-refractivity contribution in [3.05, 3.63) is 64.9 Å². The van der Waals surface area contributed by atoms with Gasteiger partial charge >= 0.3 is 0 Å². The first-order valence-corrected chi connectivity index (χ1v) is 10.2. The van der Waals surface area contributed by atoms with E-state index in [-0.39, 0.29) is 30.8 Å². The molecule has 30 heavy (non-hydrogen) atoms. The number of hydrogen-bond donors (Lipinski definition) is 1. The molecular weight excluding hydrogens is 407 g/mol. The second-order valence-electron chi connectivity index (χ2n) is 8.03. The lowest BCUT2D eigenvalue weighted by molar-refractivity contribution is -0.143. The Hall–Kier alpha value is -2.60. The van der Waals surface area contributed by atoms with Gasteiger partial charge in [0.05, 0.1) is 5.02 Å². The molecule has 0 aliphatic rings. The van der Waals surface area contributed by atoms with Crippen LogP contribution in [0.1, 0.15) is 39.7 Å². The number of para-hydroxylation sites is 1. The van der Waals surface area contributed by atoms with Crippen LogP contribution in [0.15, 0.2) is 48.5 Å². The number of rotatable bonds is 8. The van der Waals surface area contributed by atoms with E-state index in [1.54, 1.807) is 36.4 Å². The van der Waals surface area contributed by atoms with Gasteiger partial charge in [0.15, 0.2) is 6.61 Å². The lowest BCUT2D eigenvalue weighted by atomic mass is 10.1. The lowest BCUT2D eigenvalue weighted by Gasteiger charge is -2.33. The third-order valence-corrected chi connectivity index (χ3v) is 4.65. The van der Waals surface area contributed by atoms with Crippen molar-refractivity contribution in [2.45, 2.75) is 52.2 Å². The Balaban J connectivity index is 2.24. The van der Waals surface area contributed by atoms with Crippen LogP contribution in [0.3, 0.4) is 0 Å². The molecule has 0 radical (unpaired) electrons. The van der Waals surface area contributed by atoms with E-state index in [0.29, 0.717) is 22.8 Å². The molecule has 0 saturated heterocycles. The molecule has 7 heteroatoms. The molecule has 0 spiro atoms. The molecule has 2 aromatic carbocycles. The van der Waals surface area contributed by atoms with Gasteiger partial charge in [-0.15, -0.1) is 0 Å². The zero-order chi connectivity index (χ0) is 22.3. The van der Waals surface area contributed by atoms with Crippen molar-refractivity contribution < 1.29 is 18.7 Å². The average Bonchev–Trinajstić information content (AvgIpc) is 2.67. The maximum absolute atomic E-state index is 13.3. The Morgan fingerprint density at radius 2 is 1.77 bits per heavy atom. The summed E-state index contributed by atoms with van der Waals surface area (Å²) in [5, 5.41) is 3.32. The number of hydrogen-bond acceptors (Lipinski definition) is 3. The zero-order valence-corrected chi connectivity index (χ0v) is 18.5. The number of nitrogens with zero attached hydrogens (tertiary/aromatic N) is 1. The summed E-state index contributed by atoms with van der Waals surface area (Å²) in [6.07, 6.45) is 0.418. The van der Waals surface area contributed by atoms with Crippen LogP contribution in [0.4, 0.5) is 4.39 Å². The Morgan fingerprint density at radius 3 is 2.33 bits per heavy atom. The number of ether oxygens (including phenoxy) is 1. The van der Waals surface area contributed by atoms with E-state index in [2.05, 4.69) is 5.32 Å². The molecule has 1 N–H and O–H groups in total. The molecule has 2 aromatic rings. The predicted octanol–water partition coefficient (Wildman–Crippen LogP) is 4.58. The van der Waals surface area contributed by atoms with Crippen molar-refractivity contribution in [1.82, 2.24) is 10.2 Å². The quantitative estimate of drug-likeness (QED) is 0.661. The van der Waals surface area contributed by atoms with Crippen LogP contribution in [-0.4, -0.2) is 34.9 Å². The molecule has 2 amide bonds. The summed E-state index contributed by atoms with van der Waals surface area (Å²) in [6, 6.07) is 12.0. The number of amides is 2. The summed E-state index contributed by atoms with van der Waals surface area (Å²) in [5.41, 5.74) is 0.271. The van der Waals surface area contributed by atoms with E-state index >= 15 is 0 Å². The molecule has 1 atom stereocenters. The lowest BCUT2D eigenvalue weighted by Crippen LogP contribution is -2.54. The minimum Gasteiger partial charge on any atom is -0.482 e. The van der Waals surface area contributed by atoms with Gasteiger partial charge in [-0.2, -0.15) is 0 Å². The Kier molecular flexibility index (Phi) is 8.24. The number of halogens is 2. The normalized spacial score (nSPS) is 12.2. The van der Waals surface area contributed by atoms with E-state index in [4.69, 9.17) is 16.3 Å². The molecule has 0 bridgehead atoms. The molecule has 1 unspecified atom stereocenters. The second kappa shape index (κ2) is 10.4. The molecule has 2 rings (SSSR count). The van der Waals surface area contributed by atoms with Crippen LogP contribution in [0.2, 0.25) is 5.02 Å². The van der Waals surface area contributed by atoms with Crippen molar-refractivity contribution in [2.75, 3.05) is 6.61 Å². The highest BCUT2D eigenvalue weighted by atomic mass is 35.5. The minimum atomic E-state index is -0.698. The van der Waals surface area contributed by atoms with Crippen molar-refractivity contribution >= 4 is 23.4 Å². The van der Waals surface area contributed by atoms with Crippen molar-refractivity contribution in [1.29, 1.82) is 0 Å². The highest BCUT2D eigenvalue weighted by Gasteiger charge is 2.31. The fourth-order valence-electron chi connectivity index (χ4n) is 2.94. The predicted molar refractivity (Wildman–Crippen MR) is 116 cm³/mol. The third kappa shape index (κ3) is 7.02. The van der Waals surface area contributed by atoms with Gasteiger partial charge in [-0.1, -0.05) is 42.8 Å². The molecule has 162 valence electrons. The topological polar surface area (TPSA) is 58.6 Å². The summed E-state index contributed by atoms with van der Waals surface area (Å²) in [5.74, 6) is -0.592. The monoisotopic (exact) mass is 434 g/mol. The van der Waals surface area contributed by atoms with Crippen LogP contribution < -0.4 is 10.1 Å². The first kappa shape index (κ1) is 23.7. The number of carbonyl (C=O) groups excluding carboxylic acids is 2. The van der Waals surface area contributed by atoms with Crippen molar-refractivity contribution in [2.24, 2.45) is 0 Å². The van der Waals surface area contributed by atoms with E-state index in [1.807, 2.05) is 27.7 Å². The van der Waals surface area contributed by atoms with E-state index in [1.165, 1.54) is 17.0 Å². The van der Waals surface area contributed by atoms with Gasteiger partial charge in [-0.3, -0.25) is 9.59 Å². The fraction of sp³-hybridized carbons (Fsp3) is 0.391. The maximum atomic E-state index is 13.3. The summed E-state index contributed by atoms with van der Waals surface area (Å²) in [6.45, 7) is 7.36. The third-order valence-electron chi connectivity index (χ3n) is 4.34. The number of carbonyl (C=O) groups is 2. The van der Waals surface area contributed by atoms with E-state index in [9.17, 15) is 14.0 Å². The second-order valence-corrected chi connectivity index (χ2v) is 8.44. The van der Waals surface area contributed by atoms with Crippen molar-refractivity contribution in [3.8, 4) is 5.75 Å². The average molecular weight is 435 g/mol. The molecular formula is C23H28ClFN2O3. The van der Waals surface area contributed by atoms with Gasteiger partial charge in [0.25, 0.3) is 5.91 Å². The Bertz CT molecular complexity index is 865. The van der Waals surface area contributed by atoms with Gasteiger partial charge in [0.2, 0.25) is 5.91 Å². The number of benzene rings is 2. The SMILES string of the molecule is CCC(C(=O)NC(C)(C)C)N(Cc1ccc(F)cc1)C(=O)COc1ccccc1Cl. The minimum absolute atomic E-state index is 0.154. The highest BCUT2D eigenvalue weighted by Crippen LogP contribution is 2.23. The van der Waals surface area contributed by atoms with Crippen LogP contribution in [0.5, 0.6) is 5.75 Å². The molecule has 0 fully saturated rings. The van der Waals surface area contributed by atoms with Gasteiger partial charge in [0.1, 0.15) is 17.6 Å². The molecule has 0 aliphatic carbocycles. The van der Waals surface area contributed by atoms with Gasteiger partial charge in [0, 0.05) is 12.1 Å². The van der Waals surface area contributed by atoms with Crippen LogP contribution in [0, 0.1) is 5.82 Å². The zero-order valence-electron chi connectivity index (χ0n) is 17.7. The fourth-order valence-corrected chi connectivity index (χ4v) is 3.13. The van der Waals surface area contributed by atoms with E-state index < -0.39 is 11.6 Å². The highest BCUT2D eigenvalue weighted by molar-refractivity contribution is 6.32. The van der Waals surface area contributed by atoms with Crippen LogP contribution in [0.25, 0.3) is 0 Å². The maximum Gasteiger partial charge on any atom is 0.261 e. The molecule has 5 nitrogen and oxygen atoms in total. The van der Waals surface area contributed by atoms with Crippen LogP contribution in [-0.2, 0) is 16.1 Å². The summed E-state index contributed by atoms with van der Waals surface area (Å²) >= 11 is 6.10. The van der Waals surface area contributed by atoms with Crippen molar-refractivity contribution in [3.63, 3.8) is 0 Å². The van der Waals surface area contributed by atoms with Gasteiger partial charge < -0.3 is 15.0 Å². The van der Waals surface area contributed by atoms with Gasteiger partial charge in [-0.25, -0.2) is 4.39 Å². The standard InChI is InChI=1S/C23H28ClFN2O3/c1-5-19(22(29)26-23(2,3)4)27(14-16-10-12-17(25)13-11-16)21(28)15-30-20-9-7-6-8-18(20)24/h6-13,19H,5,14-15H2,1-4H3,(H,26,29). The summed E-state index contributed by atoms with van der Waals surface area (Å²) in [7, 11) is 0. The molecule has 0 saturated carbocycles. The first-order valence-electron chi connectivity index (χ1n) is 9.84. The summed E-state index contributed by atoms with van der Waals surface area (Å²) in [4.78, 5) is 27.4. The van der Waals surface area contributed by atoms with Crippen LogP contribution >= 0.6 is 11.6 Å². The molecule has 0 heterocycles. The van der Waals surface area contributed by atoms with Gasteiger partial charge in [-0.05, 0) is 57.0 Å². The Morgan fingerprint density at radius 1 is 1.13 bits per heavy atom. The first-order chi connectivity index (χ1) is 14.1.